The summed E-state index contributed by atoms with van der Waals surface area (Å²) in [5.41, 5.74) is 56.3. The fraction of sp³-hybridized carbons (Fsp3) is 0.378. The van der Waals surface area contributed by atoms with Crippen LogP contribution in [0.4, 0.5) is 0 Å². The van der Waals surface area contributed by atoms with Crippen molar-refractivity contribution in [3.63, 3.8) is 0 Å². The fourth-order valence-corrected chi connectivity index (χ4v) is 24.6. The van der Waals surface area contributed by atoms with E-state index in [1.165, 1.54) is 228 Å². The highest BCUT2D eigenvalue weighted by Gasteiger charge is 2.56. The van der Waals surface area contributed by atoms with Crippen molar-refractivity contribution < 1.29 is 18.3 Å². The van der Waals surface area contributed by atoms with Crippen LogP contribution in [0.1, 0.15) is 271 Å². The second-order valence-electron chi connectivity index (χ2n) is 43.6. The van der Waals surface area contributed by atoms with Crippen molar-refractivity contribution in [2.24, 2.45) is 39.5 Å². The zero-order valence-corrected chi connectivity index (χ0v) is 80.0. The molecule has 0 N–H and O–H groups in total. The van der Waals surface area contributed by atoms with E-state index in [0.717, 1.165) is 38.5 Å². The van der Waals surface area contributed by atoms with Crippen LogP contribution in [0.15, 0.2) is 183 Å². The van der Waals surface area contributed by atoms with Crippen LogP contribution >= 0.6 is 0 Å². The van der Waals surface area contributed by atoms with E-state index >= 15 is 0 Å². The fourth-order valence-electron chi connectivity index (χ4n) is 24.6. The zero-order chi connectivity index (χ0) is 87.8. The van der Waals surface area contributed by atoms with E-state index in [0.29, 0.717) is 11.8 Å². The lowest BCUT2D eigenvalue weighted by Crippen LogP contribution is -2.49. The molecule has 7 aliphatic rings. The minimum atomic E-state index is 0.0177. The van der Waals surface area contributed by atoms with Gasteiger partial charge in [0.15, 0.2) is 24.8 Å². The number of aromatic nitrogens is 4. The highest BCUT2D eigenvalue weighted by molar-refractivity contribution is 6.29. The van der Waals surface area contributed by atoms with Crippen molar-refractivity contribution in [2.45, 2.75) is 257 Å². The molecule has 7 aliphatic carbocycles. The van der Waals surface area contributed by atoms with Gasteiger partial charge >= 0.3 is 0 Å². The highest BCUT2D eigenvalue weighted by Crippen LogP contribution is 2.62. The molecule has 0 atom stereocenters. The van der Waals surface area contributed by atoms with Gasteiger partial charge in [-0.25, -0.2) is 18.3 Å². The summed E-state index contributed by atoms with van der Waals surface area (Å²) in [6, 6.07) is 59.1. The largest absolute Gasteiger partial charge is 0.216 e. The van der Waals surface area contributed by atoms with Crippen molar-refractivity contribution in [1.29, 1.82) is 0 Å². The maximum absolute atomic E-state index is 2.55. The van der Waals surface area contributed by atoms with Gasteiger partial charge in [0.25, 0.3) is 0 Å². The normalized spacial score (nSPS) is 16.2. The number of aryl methyl sites for hydroxylation is 5. The van der Waals surface area contributed by atoms with E-state index in [1.807, 2.05) is 0 Å². The Morgan fingerprint density at radius 1 is 0.341 bits per heavy atom. The maximum Gasteiger partial charge on any atom is 0.216 e. The van der Waals surface area contributed by atoms with Crippen molar-refractivity contribution in [2.75, 3.05) is 0 Å². The van der Waals surface area contributed by atoms with E-state index < -0.39 is 0 Å². The summed E-state index contributed by atoms with van der Waals surface area (Å²) in [6.45, 7) is 62.5. The summed E-state index contributed by atoms with van der Waals surface area (Å²) in [5.74, 6) is 1.16. The van der Waals surface area contributed by atoms with Gasteiger partial charge in [-0.1, -0.05) is 247 Å². The lowest BCUT2D eigenvalue weighted by Gasteiger charge is -2.48. The first kappa shape index (κ1) is 83.5. The number of rotatable bonds is 5. The number of nitrogens with zero attached hydrogens (tertiary/aromatic N) is 4. The van der Waals surface area contributed by atoms with Crippen LogP contribution in [0.2, 0.25) is 0 Å². The molecule has 4 heterocycles. The SMILES string of the molecule is Cc1c(-c2cccc[n+]2C)cc2c3ccccc3c3cccc4c3c2c1C4.Cc1c2c(cc3c1-c1c(c(C)c(C(C)C)c[n+]1C)C(C)(C)C3(C)C)-c1ccccc1C2.Cc1c2c(cc3c1-c1c(c(C)c(CC(C)(C)C)c[n+]1C)C(C)(C)C3(C)C)-c1ccccc1C2.Cc1c[n+](C)c2c(c1CC(C)C)C(C)(C)C(C)(C)c1cc3c(c(C)c1-2)Cc1ccccc1-3. The molecule has 0 saturated heterocycles. The minimum Gasteiger partial charge on any atom is -0.201 e. The third-order valence-corrected chi connectivity index (χ3v) is 33.0. The van der Waals surface area contributed by atoms with Crippen molar-refractivity contribution in [1.82, 2.24) is 0 Å². The molecule has 4 nitrogen and oxygen atoms in total. The number of pyridine rings is 4. The number of hydrogen-bond acceptors (Lipinski definition) is 0. The van der Waals surface area contributed by atoms with Crippen molar-refractivity contribution >= 4 is 32.3 Å². The van der Waals surface area contributed by atoms with Crippen LogP contribution in [0.3, 0.4) is 0 Å². The maximum atomic E-state index is 2.55. The Morgan fingerprint density at radius 2 is 0.740 bits per heavy atom. The molecule has 123 heavy (non-hydrogen) atoms. The third kappa shape index (κ3) is 12.3. The van der Waals surface area contributed by atoms with Gasteiger partial charge in [0.05, 0.1) is 16.7 Å². The molecular formula is C119H134N4+4. The second-order valence-corrected chi connectivity index (χ2v) is 43.6. The van der Waals surface area contributed by atoms with Gasteiger partial charge in [-0.3, -0.25) is 0 Å². The Labute approximate surface area is 736 Å². The van der Waals surface area contributed by atoms with Gasteiger partial charge in [-0.15, -0.1) is 0 Å². The molecular weight excluding hydrogens is 1490 g/mol. The Bertz CT molecular complexity index is 6900. The molecule has 0 saturated carbocycles. The van der Waals surface area contributed by atoms with Crippen LogP contribution in [0, 0.1) is 59.8 Å². The lowest BCUT2D eigenvalue weighted by molar-refractivity contribution is -0.661. The molecule has 0 amide bonds. The number of benzene rings is 10. The van der Waals surface area contributed by atoms with E-state index in [9.17, 15) is 0 Å². The van der Waals surface area contributed by atoms with Crippen LogP contribution in [0.5, 0.6) is 0 Å². The van der Waals surface area contributed by atoms with E-state index in [1.54, 1.807) is 16.7 Å². The topological polar surface area (TPSA) is 15.5 Å². The molecule has 10 aromatic carbocycles. The first-order valence-corrected chi connectivity index (χ1v) is 46.1. The molecule has 0 spiro atoms. The molecule has 4 heteroatoms. The summed E-state index contributed by atoms with van der Waals surface area (Å²) in [5, 5.41) is 8.45. The molecule has 14 aromatic rings. The van der Waals surface area contributed by atoms with Gasteiger partial charge in [-0.2, -0.15) is 0 Å². The molecule has 4 aromatic heterocycles. The van der Waals surface area contributed by atoms with Gasteiger partial charge in [0.2, 0.25) is 22.8 Å². The molecule has 0 aliphatic heterocycles. The Kier molecular flexibility index (Phi) is 19.6. The molecule has 626 valence electrons. The monoisotopic (exact) mass is 1620 g/mol. The summed E-state index contributed by atoms with van der Waals surface area (Å²) >= 11 is 0. The highest BCUT2D eigenvalue weighted by atomic mass is 15.0. The first-order chi connectivity index (χ1) is 57.9. The first-order valence-electron chi connectivity index (χ1n) is 46.1. The molecule has 0 bridgehead atoms. The zero-order valence-electron chi connectivity index (χ0n) is 80.0. The van der Waals surface area contributed by atoms with E-state index in [-0.39, 0.29) is 37.9 Å². The van der Waals surface area contributed by atoms with Gasteiger partial charge < -0.3 is 0 Å². The van der Waals surface area contributed by atoms with Crippen LogP contribution < -0.4 is 18.3 Å². The average Bonchev–Trinajstić information content (AvgIpc) is 0.925. The van der Waals surface area contributed by atoms with Gasteiger partial charge in [0.1, 0.15) is 28.2 Å². The van der Waals surface area contributed by atoms with E-state index in [2.05, 4.69) is 409 Å². The molecule has 21 rings (SSSR count). The van der Waals surface area contributed by atoms with Crippen molar-refractivity contribution in [3.8, 4) is 78.4 Å². The van der Waals surface area contributed by atoms with Crippen LogP contribution in [-0.2, 0) is 99.2 Å². The summed E-state index contributed by atoms with van der Waals surface area (Å²) in [7, 11) is 8.91. The van der Waals surface area contributed by atoms with Gasteiger partial charge in [-0.05, 0) is 317 Å². The molecule has 0 unspecified atom stereocenters. The number of hydrogen-bond donors (Lipinski definition) is 0. The van der Waals surface area contributed by atoms with Gasteiger partial charge in [0, 0.05) is 67.3 Å². The average molecular weight is 1620 g/mol. The summed E-state index contributed by atoms with van der Waals surface area (Å²) in [4.78, 5) is 0. The molecule has 0 fully saturated rings. The summed E-state index contributed by atoms with van der Waals surface area (Å²) in [6.07, 6.45) is 15.7. The Morgan fingerprint density at radius 3 is 1.20 bits per heavy atom. The Hall–Kier alpha value is -10.4. The lowest BCUT2D eigenvalue weighted by atomic mass is 9.54. The third-order valence-electron chi connectivity index (χ3n) is 33.0. The standard InChI is InChI=1S/C32H40N.C31H38N.C30H36N.C26H20N/c1-19-22(17-30(3,4)5)18-33(10)29-27-20(2)24-15-21-13-11-12-14-23(21)25(24)16-26(27)31(6,7)32(8,9)28(19)29;1-18(2)14-23-19(3)17-32(9)29-27-20(4)24-15-21-12-10-11-13-22(21)25(24)16-26(27)30(5,6)31(7,8)28(23)29;1-17(2)24-16-31(9)28-26-18(3)22-14-20-12-10-11-13-21(20)23(22)15-25(26)29(5,6)30(7,8)27(28)19(24)4;1-16-21(24-12-5-6-13-27(24)2)15-23-19-10-4-3-9-18(19)20-11-7-8-17-14-22(16)26(23)25(17)20/h11-14,16,18H,15,17H2,1-10H3;10-13,16-18H,14-15H2,1-9H3;10-13,15-17H,14H2,1-9H3;3-13,15H,14H2,1-2H3/q4*+1. The summed E-state index contributed by atoms with van der Waals surface area (Å²) < 4.78 is 9.52. The minimum absolute atomic E-state index is 0.0177. The predicted molar refractivity (Wildman–Crippen MR) is 519 cm³/mol. The van der Waals surface area contributed by atoms with Crippen LogP contribution in [0.25, 0.3) is 111 Å². The smallest absolute Gasteiger partial charge is 0.201 e. The van der Waals surface area contributed by atoms with Crippen LogP contribution in [-0.4, -0.2) is 0 Å². The second kappa shape index (κ2) is 28.8. The Balaban J connectivity index is 0.000000112. The molecule has 0 radical (unpaired) electrons. The number of fused-ring (bicyclic) bond motifs is 21. The van der Waals surface area contributed by atoms with Crippen molar-refractivity contribution in [3.05, 3.63) is 316 Å². The van der Waals surface area contributed by atoms with E-state index in [4.69, 9.17) is 0 Å². The predicted octanol–water partition coefficient (Wildman–Crippen LogP) is 27.6. The quantitative estimate of drug-likeness (QED) is 0.121.